The molecule has 0 aromatic heterocycles. The third kappa shape index (κ3) is 3.61. The second-order valence-electron chi connectivity index (χ2n) is 6.47. The van der Waals surface area contributed by atoms with E-state index in [1.54, 1.807) is 0 Å². The molecule has 0 unspecified atom stereocenters. The number of aliphatic imine (C=N–C) groups is 1. The summed E-state index contributed by atoms with van der Waals surface area (Å²) in [6, 6.07) is 3.86. The minimum Gasteiger partial charge on any atom is -0.508 e. The van der Waals surface area contributed by atoms with E-state index in [0.29, 0.717) is 18.8 Å². The topological polar surface area (TPSA) is 68.1 Å². The van der Waals surface area contributed by atoms with Gasteiger partial charge in [-0.2, -0.15) is 0 Å². The number of hydrogen-bond acceptors (Lipinski definition) is 3. The molecule has 2 aliphatic rings. The zero-order valence-corrected chi connectivity index (χ0v) is 13.9. The largest absolute Gasteiger partial charge is 0.508 e. The lowest BCUT2D eigenvalue weighted by Gasteiger charge is -2.22. The lowest BCUT2D eigenvalue weighted by atomic mass is 9.88. The van der Waals surface area contributed by atoms with E-state index in [4.69, 9.17) is 4.99 Å². The molecule has 5 nitrogen and oxygen atoms in total. The van der Waals surface area contributed by atoms with Crippen LogP contribution in [0.1, 0.15) is 42.9 Å². The molecule has 0 saturated carbocycles. The first kappa shape index (κ1) is 16.1. The van der Waals surface area contributed by atoms with E-state index in [2.05, 4.69) is 16.3 Å². The number of phenolic OH excluding ortho intramolecular Hbond substituents is 1. The monoisotopic (exact) mass is 317 g/mol. The summed E-state index contributed by atoms with van der Waals surface area (Å²) >= 11 is 0. The lowest BCUT2D eigenvalue weighted by Crippen LogP contribution is -2.40. The van der Waals surface area contributed by atoms with Crippen LogP contribution < -0.4 is 5.32 Å². The van der Waals surface area contributed by atoms with E-state index in [1.807, 2.05) is 13.0 Å². The number of rotatable bonds is 3. The van der Waals surface area contributed by atoms with Gasteiger partial charge in [0.1, 0.15) is 5.75 Å². The van der Waals surface area contributed by atoms with Crippen molar-refractivity contribution in [2.75, 3.05) is 19.6 Å². The van der Waals surface area contributed by atoms with Gasteiger partial charge in [-0.25, -0.2) is 4.99 Å². The Hall–Kier alpha value is -1.75. The van der Waals surface area contributed by atoms with Crippen molar-refractivity contribution < 1.29 is 10.2 Å². The Morgan fingerprint density at radius 3 is 2.91 bits per heavy atom. The summed E-state index contributed by atoms with van der Waals surface area (Å²) in [5.74, 6) is 1.18. The van der Waals surface area contributed by atoms with Crippen molar-refractivity contribution in [2.24, 2.45) is 4.99 Å². The predicted molar refractivity (Wildman–Crippen MR) is 91.8 cm³/mol. The van der Waals surface area contributed by atoms with Crippen molar-refractivity contribution in [1.82, 2.24) is 10.2 Å². The maximum atomic E-state index is 10.3. The zero-order valence-electron chi connectivity index (χ0n) is 13.9. The van der Waals surface area contributed by atoms with E-state index in [1.165, 1.54) is 24.0 Å². The molecule has 0 radical (unpaired) electrons. The summed E-state index contributed by atoms with van der Waals surface area (Å²) in [6.07, 6.45) is 5.08. The number of fused-ring (bicyclic) bond motifs is 1. The van der Waals surface area contributed by atoms with E-state index >= 15 is 0 Å². The normalized spacial score (nSPS) is 21.4. The number of nitrogens with zero attached hydrogens (tertiary/aromatic N) is 2. The van der Waals surface area contributed by atoms with Gasteiger partial charge < -0.3 is 20.4 Å². The third-order valence-corrected chi connectivity index (χ3v) is 4.81. The number of aliphatic hydroxyl groups excluding tert-OH is 1. The third-order valence-electron chi connectivity index (χ3n) is 4.81. The van der Waals surface area contributed by atoms with Crippen LogP contribution in [0.3, 0.4) is 0 Å². The van der Waals surface area contributed by atoms with Gasteiger partial charge in [0.25, 0.3) is 0 Å². The minimum absolute atomic E-state index is 0.267. The second kappa shape index (κ2) is 7.21. The first-order valence-corrected chi connectivity index (χ1v) is 8.73. The number of hydrogen-bond donors (Lipinski definition) is 3. The Balaban J connectivity index is 1.82. The Morgan fingerprint density at radius 1 is 1.35 bits per heavy atom. The number of likely N-dealkylation sites (tertiary alicyclic amines) is 1. The molecule has 126 valence electrons. The van der Waals surface area contributed by atoms with Gasteiger partial charge in [-0.3, -0.25) is 0 Å². The van der Waals surface area contributed by atoms with Crippen LogP contribution in [-0.4, -0.2) is 46.8 Å². The van der Waals surface area contributed by atoms with Gasteiger partial charge in [0, 0.05) is 25.2 Å². The summed E-state index contributed by atoms with van der Waals surface area (Å²) in [4.78, 5) is 6.83. The molecule has 1 fully saturated rings. The molecule has 0 spiro atoms. The van der Waals surface area contributed by atoms with Crippen LogP contribution in [-0.2, 0) is 19.4 Å². The Bertz CT molecular complexity index is 586. The fraction of sp³-hybridized carbons (Fsp3) is 0.611. The van der Waals surface area contributed by atoms with Crippen LogP contribution in [0.4, 0.5) is 0 Å². The summed E-state index contributed by atoms with van der Waals surface area (Å²) in [7, 11) is 0. The van der Waals surface area contributed by atoms with E-state index in [0.717, 1.165) is 43.9 Å². The predicted octanol–water partition coefficient (Wildman–Crippen LogP) is 1.80. The van der Waals surface area contributed by atoms with Crippen LogP contribution in [0.2, 0.25) is 0 Å². The number of phenols is 1. The molecule has 1 aliphatic carbocycles. The van der Waals surface area contributed by atoms with Crippen LogP contribution in [0, 0.1) is 0 Å². The molecule has 1 aliphatic heterocycles. The van der Waals surface area contributed by atoms with Crippen LogP contribution in [0.15, 0.2) is 17.1 Å². The van der Waals surface area contributed by atoms with Gasteiger partial charge in [-0.15, -0.1) is 0 Å². The molecule has 1 aromatic carbocycles. The quantitative estimate of drug-likeness (QED) is 0.587. The highest BCUT2D eigenvalue weighted by Gasteiger charge is 2.23. The Labute approximate surface area is 138 Å². The van der Waals surface area contributed by atoms with Gasteiger partial charge >= 0.3 is 0 Å². The van der Waals surface area contributed by atoms with Crippen LogP contribution >= 0.6 is 0 Å². The number of nitrogens with one attached hydrogen (secondary N) is 1. The first-order chi connectivity index (χ1) is 11.2. The lowest BCUT2D eigenvalue weighted by molar-refractivity contribution is 0.188. The number of benzene rings is 1. The SMILES string of the molecule is CCNC(=NCc1c(O)ccc2c1CCCC2)N1CC[C@@H](O)C1. The van der Waals surface area contributed by atoms with Gasteiger partial charge in [0.05, 0.1) is 12.6 Å². The number of β-amino-alcohol motifs (C(OH)–C–C–N with tert-alkyl or cyclic N) is 1. The number of aryl methyl sites for hydroxylation is 1. The molecule has 3 rings (SSSR count). The molecule has 1 heterocycles. The molecular formula is C18H27N3O2. The smallest absolute Gasteiger partial charge is 0.194 e. The first-order valence-electron chi connectivity index (χ1n) is 8.73. The number of aliphatic hydroxyl groups is 1. The van der Waals surface area contributed by atoms with Crippen molar-refractivity contribution in [3.8, 4) is 5.75 Å². The van der Waals surface area contributed by atoms with Crippen molar-refractivity contribution >= 4 is 5.96 Å². The average molecular weight is 317 g/mol. The van der Waals surface area contributed by atoms with E-state index in [-0.39, 0.29) is 6.10 Å². The maximum Gasteiger partial charge on any atom is 0.194 e. The van der Waals surface area contributed by atoms with E-state index < -0.39 is 0 Å². The standard InChI is InChI=1S/C18H27N3O2/c1-2-19-18(21-10-9-14(22)12-21)20-11-16-15-6-4-3-5-13(15)7-8-17(16)23/h7-8,14,22-23H,2-6,9-12H2,1H3,(H,19,20)/t14-/m1/s1. The number of guanidine groups is 1. The van der Waals surface area contributed by atoms with Crippen molar-refractivity contribution in [3.63, 3.8) is 0 Å². The fourth-order valence-electron chi connectivity index (χ4n) is 3.58. The van der Waals surface area contributed by atoms with Gasteiger partial charge in [-0.05, 0) is 56.2 Å². The van der Waals surface area contributed by atoms with Gasteiger partial charge in [-0.1, -0.05) is 6.07 Å². The van der Waals surface area contributed by atoms with Crippen LogP contribution in [0.5, 0.6) is 5.75 Å². The number of aromatic hydroxyl groups is 1. The summed E-state index contributed by atoms with van der Waals surface area (Å²) in [5.41, 5.74) is 3.62. The molecule has 1 saturated heterocycles. The Morgan fingerprint density at radius 2 is 2.17 bits per heavy atom. The highest BCUT2D eigenvalue weighted by Crippen LogP contribution is 2.31. The minimum atomic E-state index is -0.267. The zero-order chi connectivity index (χ0) is 16.2. The molecule has 1 aromatic rings. The average Bonchev–Trinajstić information content (AvgIpc) is 2.99. The van der Waals surface area contributed by atoms with Crippen molar-refractivity contribution in [3.05, 3.63) is 28.8 Å². The molecule has 23 heavy (non-hydrogen) atoms. The fourth-order valence-corrected chi connectivity index (χ4v) is 3.58. The Kier molecular flexibility index (Phi) is 5.06. The molecule has 5 heteroatoms. The molecule has 1 atom stereocenters. The van der Waals surface area contributed by atoms with Gasteiger partial charge in [0.15, 0.2) is 5.96 Å². The summed E-state index contributed by atoms with van der Waals surface area (Å²) in [5, 5.41) is 23.3. The summed E-state index contributed by atoms with van der Waals surface area (Å²) in [6.45, 7) is 4.79. The summed E-state index contributed by atoms with van der Waals surface area (Å²) < 4.78 is 0. The molecule has 3 N–H and O–H groups in total. The second-order valence-corrected chi connectivity index (χ2v) is 6.47. The van der Waals surface area contributed by atoms with Crippen molar-refractivity contribution in [1.29, 1.82) is 0 Å². The highest BCUT2D eigenvalue weighted by atomic mass is 16.3. The molecule has 0 bridgehead atoms. The molecular weight excluding hydrogens is 290 g/mol. The van der Waals surface area contributed by atoms with E-state index in [9.17, 15) is 10.2 Å². The van der Waals surface area contributed by atoms with Crippen molar-refractivity contribution in [2.45, 2.75) is 51.7 Å². The van der Waals surface area contributed by atoms with Crippen LogP contribution in [0.25, 0.3) is 0 Å². The van der Waals surface area contributed by atoms with Gasteiger partial charge in [0.2, 0.25) is 0 Å². The molecule has 0 amide bonds. The maximum absolute atomic E-state index is 10.3. The highest BCUT2D eigenvalue weighted by molar-refractivity contribution is 5.80.